The fraction of sp³-hybridized carbons (Fsp3) is 0.303. The molecular weight excluding hydrogens is 515 g/mol. The molecule has 1 heterocycles. The van der Waals surface area contributed by atoms with Crippen molar-refractivity contribution in [1.29, 1.82) is 5.26 Å². The lowest BCUT2D eigenvalue weighted by Crippen LogP contribution is -2.41. The molecule has 0 aromatic heterocycles. The number of hydrogen-bond donors (Lipinski definition) is 1. The maximum Gasteiger partial charge on any atom is 0.492 e. The number of carbonyl (C=O) groups is 2. The molecular formula is C33H33BN2O5. The molecule has 3 aromatic carbocycles. The summed E-state index contributed by atoms with van der Waals surface area (Å²) < 4.78 is 18.3. The maximum absolute atomic E-state index is 12.9. The molecule has 3 aromatic rings. The molecule has 41 heavy (non-hydrogen) atoms. The van der Waals surface area contributed by atoms with Crippen LogP contribution in [-0.4, -0.2) is 43.3 Å². The van der Waals surface area contributed by atoms with E-state index in [1.165, 1.54) is 11.1 Å². The number of nitrogens with one attached hydrogen (secondary N) is 1. The zero-order chi connectivity index (χ0) is 29.2. The van der Waals surface area contributed by atoms with E-state index in [1.54, 1.807) is 24.3 Å². The number of benzene rings is 3. The fourth-order valence-electron chi connectivity index (χ4n) is 5.17. The topological polar surface area (TPSA) is 97.7 Å². The molecule has 1 aliphatic heterocycles. The van der Waals surface area contributed by atoms with Crippen LogP contribution in [0.2, 0.25) is 0 Å². The third-order valence-corrected chi connectivity index (χ3v) is 8.16. The van der Waals surface area contributed by atoms with Gasteiger partial charge in [-0.15, -0.1) is 0 Å². The smallest absolute Gasteiger partial charge is 0.449 e. The Bertz CT molecular complexity index is 1480. The van der Waals surface area contributed by atoms with Crippen LogP contribution in [0.15, 0.2) is 78.3 Å². The van der Waals surface area contributed by atoms with Gasteiger partial charge in [0.1, 0.15) is 6.61 Å². The number of ether oxygens (including phenoxy) is 1. The maximum atomic E-state index is 12.9. The second-order valence-electron chi connectivity index (χ2n) is 11.4. The summed E-state index contributed by atoms with van der Waals surface area (Å²) in [5, 5.41) is 11.7. The number of nitrogens with zero attached hydrogens (tertiary/aromatic N) is 1. The van der Waals surface area contributed by atoms with E-state index in [4.69, 9.17) is 19.3 Å². The highest BCUT2D eigenvalue weighted by molar-refractivity contribution is 6.56. The summed E-state index contributed by atoms with van der Waals surface area (Å²) in [4.78, 5) is 25.0. The van der Waals surface area contributed by atoms with Gasteiger partial charge in [0.25, 0.3) is 0 Å². The van der Waals surface area contributed by atoms with Crippen molar-refractivity contribution < 1.29 is 23.6 Å². The van der Waals surface area contributed by atoms with Crippen molar-refractivity contribution in [3.63, 3.8) is 0 Å². The summed E-state index contributed by atoms with van der Waals surface area (Å²) in [5.74, 6) is -0.264. The van der Waals surface area contributed by atoms with Crippen LogP contribution in [0.3, 0.4) is 0 Å². The van der Waals surface area contributed by atoms with Gasteiger partial charge in [-0.25, -0.2) is 4.79 Å². The molecule has 0 bridgehead atoms. The molecule has 0 saturated carbocycles. The lowest BCUT2D eigenvalue weighted by molar-refractivity contribution is 0.00578. The van der Waals surface area contributed by atoms with Gasteiger partial charge >= 0.3 is 13.2 Å². The van der Waals surface area contributed by atoms with Gasteiger partial charge < -0.3 is 19.4 Å². The summed E-state index contributed by atoms with van der Waals surface area (Å²) in [6.45, 7) is 8.24. The van der Waals surface area contributed by atoms with Crippen LogP contribution >= 0.6 is 0 Å². The monoisotopic (exact) mass is 548 g/mol. The van der Waals surface area contributed by atoms with E-state index in [9.17, 15) is 9.59 Å². The Morgan fingerprint density at radius 2 is 1.49 bits per heavy atom. The van der Waals surface area contributed by atoms with E-state index in [-0.39, 0.29) is 31.3 Å². The van der Waals surface area contributed by atoms with Gasteiger partial charge in [0.05, 0.1) is 23.7 Å². The van der Waals surface area contributed by atoms with Crippen molar-refractivity contribution in [3.05, 3.63) is 101 Å². The average molecular weight is 548 g/mol. The van der Waals surface area contributed by atoms with Gasteiger partial charge in [-0.3, -0.25) is 4.79 Å². The molecule has 1 aliphatic carbocycles. The standard InChI is InChI=1S/C33H33BN2O5/c1-32(2)33(3,4)41-34(40-32)24(19-22-13-15-23(16-14-22)30(37)17-18-35)20-36-31(38)39-21-29-27-11-7-5-9-25(27)26-10-6-8-12-28(26)29/h5-16,19,29H,17,20-21H2,1-4H3,(H,36,38). The minimum atomic E-state index is -0.686. The largest absolute Gasteiger partial charge is 0.492 e. The molecule has 5 rings (SSSR count). The molecule has 0 atom stereocenters. The Kier molecular flexibility index (Phi) is 7.85. The molecule has 1 amide bonds. The van der Waals surface area contributed by atoms with Gasteiger partial charge in [-0.2, -0.15) is 5.26 Å². The molecule has 0 radical (unpaired) electrons. The predicted molar refractivity (Wildman–Crippen MR) is 158 cm³/mol. The number of rotatable bonds is 8. The first-order chi connectivity index (χ1) is 19.6. The Hall–Kier alpha value is -4.19. The average Bonchev–Trinajstić information content (AvgIpc) is 3.39. The molecule has 0 spiro atoms. The molecule has 1 N–H and O–H groups in total. The van der Waals surface area contributed by atoms with E-state index < -0.39 is 24.4 Å². The Labute approximate surface area is 241 Å². The van der Waals surface area contributed by atoms with Gasteiger partial charge in [-0.05, 0) is 61.0 Å². The number of fused-ring (bicyclic) bond motifs is 3. The fourth-order valence-corrected chi connectivity index (χ4v) is 5.17. The number of alkyl carbamates (subject to hydrolysis) is 1. The van der Waals surface area contributed by atoms with E-state index in [2.05, 4.69) is 29.6 Å². The first kappa shape index (κ1) is 28.3. The summed E-state index contributed by atoms with van der Waals surface area (Å²) in [7, 11) is -0.686. The van der Waals surface area contributed by atoms with Crippen LogP contribution in [0.1, 0.15) is 67.1 Å². The first-order valence-electron chi connectivity index (χ1n) is 13.7. The van der Waals surface area contributed by atoms with Crippen molar-refractivity contribution >= 4 is 25.1 Å². The van der Waals surface area contributed by atoms with Crippen LogP contribution in [0.4, 0.5) is 4.79 Å². The van der Waals surface area contributed by atoms with Crippen LogP contribution in [0.5, 0.6) is 0 Å². The van der Waals surface area contributed by atoms with Crippen molar-refractivity contribution in [3.8, 4) is 17.2 Å². The summed E-state index contributed by atoms with van der Waals surface area (Å²) >= 11 is 0. The Balaban J connectivity index is 1.30. The number of ketones is 1. The van der Waals surface area contributed by atoms with Crippen molar-refractivity contribution in [2.24, 2.45) is 0 Å². The van der Waals surface area contributed by atoms with Crippen LogP contribution in [-0.2, 0) is 14.0 Å². The van der Waals surface area contributed by atoms with Crippen molar-refractivity contribution in [2.45, 2.75) is 51.2 Å². The first-order valence-corrected chi connectivity index (χ1v) is 13.7. The third kappa shape index (κ3) is 5.83. The van der Waals surface area contributed by atoms with Crippen LogP contribution < -0.4 is 5.32 Å². The molecule has 7 nitrogen and oxygen atoms in total. The third-order valence-electron chi connectivity index (χ3n) is 8.16. The van der Waals surface area contributed by atoms with Crippen molar-refractivity contribution in [2.75, 3.05) is 13.2 Å². The summed E-state index contributed by atoms with van der Waals surface area (Å²) in [6.07, 6.45) is 1.18. The zero-order valence-corrected chi connectivity index (χ0v) is 23.8. The lowest BCUT2D eigenvalue weighted by atomic mass is 9.77. The molecule has 1 fully saturated rings. The van der Waals surface area contributed by atoms with Gasteiger partial charge in [0.15, 0.2) is 5.78 Å². The van der Waals surface area contributed by atoms with Crippen LogP contribution in [0.25, 0.3) is 17.2 Å². The second-order valence-corrected chi connectivity index (χ2v) is 11.4. The molecule has 1 saturated heterocycles. The van der Waals surface area contributed by atoms with Gasteiger partial charge in [0.2, 0.25) is 0 Å². The van der Waals surface area contributed by atoms with E-state index in [0.29, 0.717) is 11.0 Å². The second kappa shape index (κ2) is 11.4. The SMILES string of the molecule is CC1(C)OB(C(=Cc2ccc(C(=O)CC#N)cc2)CNC(=O)OCC2c3ccccc3-c3ccccc32)OC1(C)C. The number of carbonyl (C=O) groups excluding carboxylic acids is 2. The summed E-state index contributed by atoms with van der Waals surface area (Å²) in [5.41, 5.74) is 5.49. The molecule has 8 heteroatoms. The quantitative estimate of drug-likeness (QED) is 0.261. The lowest BCUT2D eigenvalue weighted by Gasteiger charge is -2.32. The number of hydrogen-bond acceptors (Lipinski definition) is 6. The number of amides is 1. The highest BCUT2D eigenvalue weighted by Gasteiger charge is 2.52. The van der Waals surface area contributed by atoms with Gasteiger partial charge in [0, 0.05) is 18.0 Å². The minimum absolute atomic E-state index is 0.0338. The van der Waals surface area contributed by atoms with E-state index in [1.807, 2.05) is 64.1 Å². The number of nitriles is 1. The van der Waals surface area contributed by atoms with Crippen LogP contribution in [0, 0.1) is 11.3 Å². The Morgan fingerprint density at radius 1 is 0.927 bits per heavy atom. The highest BCUT2D eigenvalue weighted by atomic mass is 16.7. The van der Waals surface area contributed by atoms with E-state index >= 15 is 0 Å². The number of Topliss-reactive ketones (excluding diaryl/α,β-unsaturated/α-hetero) is 1. The predicted octanol–water partition coefficient (Wildman–Crippen LogP) is 6.34. The normalized spacial score (nSPS) is 17.0. The molecule has 2 aliphatic rings. The molecule has 0 unspecified atom stereocenters. The highest BCUT2D eigenvalue weighted by Crippen LogP contribution is 2.44. The zero-order valence-electron chi connectivity index (χ0n) is 23.8. The van der Waals surface area contributed by atoms with E-state index in [0.717, 1.165) is 16.7 Å². The Morgan fingerprint density at radius 3 is 2.05 bits per heavy atom. The summed E-state index contributed by atoms with van der Waals surface area (Å²) in [6, 6.07) is 25.3. The molecule has 208 valence electrons. The van der Waals surface area contributed by atoms with Gasteiger partial charge in [-0.1, -0.05) is 78.9 Å². The minimum Gasteiger partial charge on any atom is -0.449 e. The van der Waals surface area contributed by atoms with Crippen molar-refractivity contribution in [1.82, 2.24) is 5.32 Å².